The van der Waals surface area contributed by atoms with Gasteiger partial charge in [0.25, 0.3) is 5.91 Å². The third-order valence-electron chi connectivity index (χ3n) is 6.24. The van der Waals surface area contributed by atoms with E-state index in [1.165, 1.54) is 4.90 Å². The van der Waals surface area contributed by atoms with Crippen molar-refractivity contribution in [1.82, 2.24) is 10.6 Å². The smallest absolute Gasteiger partial charge is 0.272 e. The second kappa shape index (κ2) is 11.5. The Morgan fingerprint density at radius 2 is 1.68 bits per heavy atom. The lowest BCUT2D eigenvalue weighted by atomic mass is 10.0. The van der Waals surface area contributed by atoms with Crippen molar-refractivity contribution in [3.63, 3.8) is 0 Å². The fourth-order valence-corrected chi connectivity index (χ4v) is 4.13. The summed E-state index contributed by atoms with van der Waals surface area (Å²) in [5.41, 5.74) is 3.92. The predicted octanol–water partition coefficient (Wildman–Crippen LogP) is 3.09. The van der Waals surface area contributed by atoms with Gasteiger partial charge in [0.2, 0.25) is 18.0 Å². The molecule has 0 fully saturated rings. The topological polar surface area (TPSA) is 100 Å². The van der Waals surface area contributed by atoms with E-state index < -0.39 is 18.1 Å². The molecule has 1 aliphatic heterocycles. The van der Waals surface area contributed by atoms with E-state index in [0.29, 0.717) is 17.8 Å². The number of amides is 3. The van der Waals surface area contributed by atoms with Gasteiger partial charge in [-0.3, -0.25) is 14.4 Å². The summed E-state index contributed by atoms with van der Waals surface area (Å²) in [5, 5.41) is 5.43. The van der Waals surface area contributed by atoms with Gasteiger partial charge < -0.3 is 20.3 Å². The minimum absolute atomic E-state index is 0.223. The summed E-state index contributed by atoms with van der Waals surface area (Å²) in [5.74, 6) is -0.376. The Hall–Kier alpha value is -4.46. The van der Waals surface area contributed by atoms with Crippen LogP contribution in [0.15, 0.2) is 83.9 Å². The van der Waals surface area contributed by atoms with Gasteiger partial charge >= 0.3 is 0 Å². The van der Waals surface area contributed by atoms with Crippen molar-refractivity contribution in [3.8, 4) is 5.75 Å². The van der Waals surface area contributed by atoms with Crippen LogP contribution in [-0.4, -0.2) is 49.8 Å². The number of para-hydroxylation sites is 1. The molecule has 0 radical (unpaired) electrons. The Bertz CT molecular complexity index is 1300. The molecule has 0 unspecified atom stereocenters. The lowest BCUT2D eigenvalue weighted by molar-refractivity contribution is -0.130. The normalized spacial score (nSPS) is 15.6. The van der Waals surface area contributed by atoms with Crippen LogP contribution in [0.3, 0.4) is 0 Å². The third kappa shape index (κ3) is 6.03. The van der Waals surface area contributed by atoms with Crippen LogP contribution < -0.4 is 20.3 Å². The maximum Gasteiger partial charge on any atom is 0.272 e. The van der Waals surface area contributed by atoms with Gasteiger partial charge in [-0.25, -0.2) is 4.99 Å². The molecule has 3 aromatic rings. The Kier molecular flexibility index (Phi) is 7.98. The zero-order valence-electron chi connectivity index (χ0n) is 21.1. The second-order valence-corrected chi connectivity index (χ2v) is 8.81. The molecule has 0 aliphatic carbocycles. The SMILES string of the molecule is COc1ccc(CCC(=O)N[C@@H](C)C(=O)N[C@H]2N=C(c3ccccc3)c3ccccc3N(C)C2=O)cc1. The summed E-state index contributed by atoms with van der Waals surface area (Å²) in [6.45, 7) is 1.59. The molecular weight excluding hydrogens is 468 g/mol. The first-order valence-corrected chi connectivity index (χ1v) is 12.1. The zero-order valence-corrected chi connectivity index (χ0v) is 21.1. The van der Waals surface area contributed by atoms with E-state index in [-0.39, 0.29) is 18.2 Å². The van der Waals surface area contributed by atoms with Crippen LogP contribution in [0, 0.1) is 0 Å². The molecule has 0 aromatic heterocycles. The van der Waals surface area contributed by atoms with Gasteiger partial charge in [0.05, 0.1) is 18.5 Å². The number of aryl methyl sites for hydroxylation is 1. The number of nitrogens with zero attached hydrogens (tertiary/aromatic N) is 2. The van der Waals surface area contributed by atoms with Crippen LogP contribution in [-0.2, 0) is 20.8 Å². The van der Waals surface area contributed by atoms with E-state index in [0.717, 1.165) is 22.4 Å². The molecule has 2 N–H and O–H groups in total. The first kappa shape index (κ1) is 25.6. The predicted molar refractivity (Wildman–Crippen MR) is 143 cm³/mol. The van der Waals surface area contributed by atoms with Gasteiger partial charge in [-0.05, 0) is 37.1 Å². The highest BCUT2D eigenvalue weighted by Gasteiger charge is 2.32. The van der Waals surface area contributed by atoms with Crippen LogP contribution in [0.2, 0.25) is 0 Å². The number of aliphatic imine (C=N–C) groups is 1. The number of benzodiazepines with no additional fused rings is 1. The average molecular weight is 499 g/mol. The molecule has 2 atom stereocenters. The molecule has 0 saturated heterocycles. The van der Waals surface area contributed by atoms with E-state index in [9.17, 15) is 14.4 Å². The molecule has 3 amide bonds. The fourth-order valence-electron chi connectivity index (χ4n) is 4.13. The Balaban J connectivity index is 1.45. The van der Waals surface area contributed by atoms with Gasteiger partial charge in [0.1, 0.15) is 11.8 Å². The molecular formula is C29H30N4O4. The highest BCUT2D eigenvalue weighted by Crippen LogP contribution is 2.27. The van der Waals surface area contributed by atoms with Crippen LogP contribution >= 0.6 is 0 Å². The molecule has 0 bridgehead atoms. The molecule has 8 nitrogen and oxygen atoms in total. The molecule has 0 saturated carbocycles. The number of benzene rings is 3. The zero-order chi connectivity index (χ0) is 26.4. The van der Waals surface area contributed by atoms with Crippen molar-refractivity contribution in [2.75, 3.05) is 19.1 Å². The Morgan fingerprint density at radius 1 is 1.00 bits per heavy atom. The number of ether oxygens (including phenoxy) is 1. The number of methoxy groups -OCH3 is 1. The lowest BCUT2D eigenvalue weighted by Gasteiger charge is -2.22. The first-order valence-electron chi connectivity index (χ1n) is 12.1. The van der Waals surface area contributed by atoms with E-state index in [2.05, 4.69) is 15.6 Å². The largest absolute Gasteiger partial charge is 0.497 e. The summed E-state index contributed by atoms with van der Waals surface area (Å²) >= 11 is 0. The summed E-state index contributed by atoms with van der Waals surface area (Å²) < 4.78 is 5.15. The number of rotatable bonds is 8. The number of nitrogens with one attached hydrogen (secondary N) is 2. The number of hydrogen-bond donors (Lipinski definition) is 2. The summed E-state index contributed by atoms with van der Waals surface area (Å²) in [6.07, 6.45) is -0.390. The van der Waals surface area contributed by atoms with Crippen LogP contribution in [0.25, 0.3) is 0 Å². The quantitative estimate of drug-likeness (QED) is 0.499. The van der Waals surface area contributed by atoms with Crippen molar-refractivity contribution in [2.45, 2.75) is 32.0 Å². The standard InChI is InChI=1S/C29H30N4O4/c1-19(30-25(34)18-15-20-13-16-22(37-3)17-14-20)28(35)32-27-29(36)33(2)24-12-8-7-11-23(24)26(31-27)21-9-5-4-6-10-21/h4-14,16-17,19,27H,15,18H2,1-3H3,(H,30,34)(H,32,35)/t19-,27+/m0/s1. The van der Waals surface area contributed by atoms with E-state index in [1.54, 1.807) is 21.1 Å². The number of carbonyl (C=O) groups is 3. The van der Waals surface area contributed by atoms with Crippen LogP contribution in [0.4, 0.5) is 5.69 Å². The van der Waals surface area contributed by atoms with E-state index >= 15 is 0 Å². The molecule has 0 spiro atoms. The van der Waals surface area contributed by atoms with Crippen molar-refractivity contribution in [1.29, 1.82) is 0 Å². The van der Waals surface area contributed by atoms with Crippen LogP contribution in [0.5, 0.6) is 5.75 Å². The first-order chi connectivity index (χ1) is 17.9. The Morgan fingerprint density at radius 3 is 2.38 bits per heavy atom. The molecule has 1 aliphatic rings. The monoisotopic (exact) mass is 498 g/mol. The van der Waals surface area contributed by atoms with Crippen molar-refractivity contribution in [2.24, 2.45) is 4.99 Å². The maximum absolute atomic E-state index is 13.3. The number of likely N-dealkylation sites (N-methyl/N-ethyl adjacent to an activating group) is 1. The second-order valence-electron chi connectivity index (χ2n) is 8.81. The summed E-state index contributed by atoms with van der Waals surface area (Å²) in [7, 11) is 3.26. The number of carbonyl (C=O) groups excluding carboxylic acids is 3. The third-order valence-corrected chi connectivity index (χ3v) is 6.24. The molecule has 1 heterocycles. The van der Waals surface area contributed by atoms with Crippen molar-refractivity contribution in [3.05, 3.63) is 95.6 Å². The van der Waals surface area contributed by atoms with Gasteiger partial charge in [0, 0.05) is 24.6 Å². The lowest BCUT2D eigenvalue weighted by Crippen LogP contribution is -2.52. The molecule has 3 aromatic carbocycles. The number of anilines is 1. The number of hydrogen-bond acceptors (Lipinski definition) is 5. The summed E-state index contributed by atoms with van der Waals surface area (Å²) in [6, 6.07) is 23.7. The van der Waals surface area contributed by atoms with Gasteiger partial charge in [-0.1, -0.05) is 60.7 Å². The molecule has 190 valence electrons. The van der Waals surface area contributed by atoms with Gasteiger partial charge in [0.15, 0.2) is 0 Å². The van der Waals surface area contributed by atoms with Gasteiger partial charge in [-0.15, -0.1) is 0 Å². The average Bonchev–Trinajstić information content (AvgIpc) is 3.03. The minimum Gasteiger partial charge on any atom is -0.497 e. The van der Waals surface area contributed by atoms with Crippen molar-refractivity contribution < 1.29 is 19.1 Å². The Labute approximate surface area is 216 Å². The number of fused-ring (bicyclic) bond motifs is 1. The summed E-state index contributed by atoms with van der Waals surface area (Å²) in [4.78, 5) is 44.9. The highest BCUT2D eigenvalue weighted by molar-refractivity contribution is 6.20. The van der Waals surface area contributed by atoms with E-state index in [4.69, 9.17) is 4.74 Å². The van der Waals surface area contributed by atoms with E-state index in [1.807, 2.05) is 78.9 Å². The maximum atomic E-state index is 13.3. The molecule has 8 heteroatoms. The van der Waals surface area contributed by atoms with Crippen LogP contribution in [0.1, 0.15) is 30.0 Å². The molecule has 37 heavy (non-hydrogen) atoms. The van der Waals surface area contributed by atoms with Gasteiger partial charge in [-0.2, -0.15) is 0 Å². The highest BCUT2D eigenvalue weighted by atomic mass is 16.5. The van der Waals surface area contributed by atoms with Crippen molar-refractivity contribution >= 4 is 29.1 Å². The minimum atomic E-state index is -1.14. The fraction of sp³-hybridized carbons (Fsp3) is 0.241. The molecule has 4 rings (SSSR count).